The molecule has 0 radical (unpaired) electrons. The van der Waals surface area contributed by atoms with Gasteiger partial charge in [-0.05, 0) is 30.7 Å². The summed E-state index contributed by atoms with van der Waals surface area (Å²) in [5, 5.41) is 12.3. The Morgan fingerprint density at radius 1 is 1.16 bits per heavy atom. The average Bonchev–Trinajstić information content (AvgIpc) is 2.38. The summed E-state index contributed by atoms with van der Waals surface area (Å²) < 4.78 is 0. The first-order chi connectivity index (χ1) is 9.08. The van der Waals surface area contributed by atoms with E-state index in [1.54, 1.807) is 13.0 Å². The molecular weight excluding hydrogens is 279 g/mol. The van der Waals surface area contributed by atoms with Gasteiger partial charge < -0.3 is 10.7 Å². The van der Waals surface area contributed by atoms with Crippen LogP contribution in [-0.4, -0.2) is 5.71 Å². The van der Waals surface area contributed by atoms with E-state index in [2.05, 4.69) is 5.32 Å². The van der Waals surface area contributed by atoms with Crippen molar-refractivity contribution in [3.8, 4) is 0 Å². The zero-order valence-electron chi connectivity index (χ0n) is 10.5. The SMILES string of the molecule is CC(=N)c1ccccc1NCc1ccc(Cl)cc1Cl. The maximum absolute atomic E-state index is 7.75. The first-order valence-corrected chi connectivity index (χ1v) is 6.66. The van der Waals surface area contributed by atoms with E-state index in [1.165, 1.54) is 0 Å². The number of nitrogens with one attached hydrogen (secondary N) is 2. The van der Waals surface area contributed by atoms with E-state index in [0.29, 0.717) is 22.3 Å². The smallest absolute Gasteiger partial charge is 0.0470 e. The summed E-state index contributed by atoms with van der Waals surface area (Å²) in [4.78, 5) is 0. The Morgan fingerprint density at radius 3 is 2.58 bits per heavy atom. The Morgan fingerprint density at radius 2 is 1.89 bits per heavy atom. The van der Waals surface area contributed by atoms with Gasteiger partial charge in [0.15, 0.2) is 0 Å². The molecule has 0 amide bonds. The predicted octanol–water partition coefficient (Wildman–Crippen LogP) is 4.99. The number of halogens is 2. The van der Waals surface area contributed by atoms with Gasteiger partial charge in [-0.25, -0.2) is 0 Å². The second-order valence-corrected chi connectivity index (χ2v) is 5.10. The fourth-order valence-corrected chi connectivity index (χ4v) is 2.30. The van der Waals surface area contributed by atoms with E-state index in [0.717, 1.165) is 16.8 Å². The Bertz CT molecular complexity index is 609. The monoisotopic (exact) mass is 292 g/mol. The van der Waals surface area contributed by atoms with Gasteiger partial charge in [0, 0.05) is 33.6 Å². The minimum atomic E-state index is 0.533. The van der Waals surface area contributed by atoms with Crippen LogP contribution >= 0.6 is 23.2 Å². The molecule has 0 aliphatic heterocycles. The molecule has 0 aromatic heterocycles. The minimum Gasteiger partial charge on any atom is -0.380 e. The fourth-order valence-electron chi connectivity index (χ4n) is 1.82. The van der Waals surface area contributed by atoms with Gasteiger partial charge in [-0.15, -0.1) is 0 Å². The van der Waals surface area contributed by atoms with Crippen molar-refractivity contribution in [2.24, 2.45) is 0 Å². The van der Waals surface area contributed by atoms with Crippen LogP contribution in [0.2, 0.25) is 10.0 Å². The van der Waals surface area contributed by atoms with Gasteiger partial charge in [0.2, 0.25) is 0 Å². The van der Waals surface area contributed by atoms with Crippen molar-refractivity contribution >= 4 is 34.6 Å². The van der Waals surface area contributed by atoms with Crippen LogP contribution in [0.4, 0.5) is 5.69 Å². The molecule has 0 heterocycles. The van der Waals surface area contributed by atoms with E-state index in [9.17, 15) is 0 Å². The van der Waals surface area contributed by atoms with Crippen LogP contribution in [0, 0.1) is 5.41 Å². The van der Waals surface area contributed by atoms with Crippen molar-refractivity contribution in [1.82, 2.24) is 0 Å². The van der Waals surface area contributed by atoms with Crippen LogP contribution in [0.1, 0.15) is 18.1 Å². The number of hydrogen-bond acceptors (Lipinski definition) is 2. The molecule has 0 aliphatic carbocycles. The van der Waals surface area contributed by atoms with Crippen LogP contribution in [0.5, 0.6) is 0 Å². The van der Waals surface area contributed by atoms with Gasteiger partial charge in [0.1, 0.15) is 0 Å². The van der Waals surface area contributed by atoms with Gasteiger partial charge in [-0.2, -0.15) is 0 Å². The third-order valence-electron chi connectivity index (χ3n) is 2.82. The molecule has 4 heteroatoms. The normalized spacial score (nSPS) is 10.3. The molecule has 0 atom stereocenters. The first-order valence-electron chi connectivity index (χ1n) is 5.90. The van der Waals surface area contributed by atoms with Crippen LogP contribution < -0.4 is 5.32 Å². The van der Waals surface area contributed by atoms with Gasteiger partial charge in [-0.1, -0.05) is 47.5 Å². The summed E-state index contributed by atoms with van der Waals surface area (Å²) >= 11 is 12.0. The molecule has 2 N–H and O–H groups in total. The summed E-state index contributed by atoms with van der Waals surface area (Å²) in [6, 6.07) is 13.2. The lowest BCUT2D eigenvalue weighted by Gasteiger charge is -2.12. The van der Waals surface area contributed by atoms with E-state index in [1.807, 2.05) is 36.4 Å². The van der Waals surface area contributed by atoms with E-state index in [4.69, 9.17) is 28.6 Å². The third-order valence-corrected chi connectivity index (χ3v) is 3.40. The first kappa shape index (κ1) is 13.9. The number of benzene rings is 2. The molecule has 0 fully saturated rings. The van der Waals surface area contributed by atoms with Crippen LogP contribution in [0.25, 0.3) is 0 Å². The van der Waals surface area contributed by atoms with E-state index >= 15 is 0 Å². The number of anilines is 1. The molecule has 98 valence electrons. The Hall–Kier alpha value is -1.51. The standard InChI is InChI=1S/C15H14Cl2N2/c1-10(18)13-4-2-3-5-15(13)19-9-11-6-7-12(16)8-14(11)17/h2-8,18-19H,9H2,1H3. The van der Waals surface area contributed by atoms with Gasteiger partial charge in [0.25, 0.3) is 0 Å². The summed E-state index contributed by atoms with van der Waals surface area (Å²) in [6.45, 7) is 2.37. The van der Waals surface area contributed by atoms with Crippen molar-refractivity contribution in [1.29, 1.82) is 5.41 Å². The zero-order chi connectivity index (χ0) is 13.8. The largest absolute Gasteiger partial charge is 0.380 e. The number of hydrogen-bond donors (Lipinski definition) is 2. The maximum Gasteiger partial charge on any atom is 0.0470 e. The maximum atomic E-state index is 7.75. The fraction of sp³-hybridized carbons (Fsp3) is 0.133. The molecule has 0 saturated carbocycles. The molecule has 2 nitrogen and oxygen atoms in total. The highest BCUT2D eigenvalue weighted by Gasteiger charge is 2.05. The Kier molecular flexibility index (Phi) is 4.46. The van der Waals surface area contributed by atoms with Crippen molar-refractivity contribution < 1.29 is 0 Å². The van der Waals surface area contributed by atoms with Gasteiger partial charge in [-0.3, -0.25) is 0 Å². The van der Waals surface area contributed by atoms with E-state index in [-0.39, 0.29) is 0 Å². The topological polar surface area (TPSA) is 35.9 Å². The molecule has 2 aromatic carbocycles. The molecule has 0 unspecified atom stereocenters. The highest BCUT2D eigenvalue weighted by Crippen LogP contribution is 2.23. The molecule has 19 heavy (non-hydrogen) atoms. The average molecular weight is 293 g/mol. The molecule has 0 aliphatic rings. The van der Waals surface area contributed by atoms with Crippen LogP contribution in [0.3, 0.4) is 0 Å². The molecule has 2 rings (SSSR count). The quantitative estimate of drug-likeness (QED) is 0.765. The molecular formula is C15H14Cl2N2. The Labute approximate surface area is 122 Å². The summed E-state index contributed by atoms with van der Waals surface area (Å²) in [5.41, 5.74) is 3.34. The minimum absolute atomic E-state index is 0.533. The lowest BCUT2D eigenvalue weighted by molar-refractivity contribution is 1.15. The Balaban J connectivity index is 2.17. The highest BCUT2D eigenvalue weighted by atomic mass is 35.5. The van der Waals surface area contributed by atoms with Gasteiger partial charge >= 0.3 is 0 Å². The second kappa shape index (κ2) is 6.09. The third kappa shape index (κ3) is 3.49. The van der Waals surface area contributed by atoms with Crippen LogP contribution in [0.15, 0.2) is 42.5 Å². The van der Waals surface area contributed by atoms with Crippen molar-refractivity contribution in [2.75, 3.05) is 5.32 Å². The molecule has 0 spiro atoms. The zero-order valence-corrected chi connectivity index (χ0v) is 12.0. The van der Waals surface area contributed by atoms with Crippen LogP contribution in [-0.2, 0) is 6.54 Å². The highest BCUT2D eigenvalue weighted by molar-refractivity contribution is 6.35. The van der Waals surface area contributed by atoms with Crippen molar-refractivity contribution in [3.63, 3.8) is 0 Å². The number of rotatable bonds is 4. The van der Waals surface area contributed by atoms with Crippen molar-refractivity contribution in [2.45, 2.75) is 13.5 Å². The summed E-state index contributed by atoms with van der Waals surface area (Å²) in [7, 11) is 0. The molecule has 0 saturated heterocycles. The molecule has 0 bridgehead atoms. The second-order valence-electron chi connectivity index (χ2n) is 4.26. The van der Waals surface area contributed by atoms with Gasteiger partial charge in [0.05, 0.1) is 0 Å². The van der Waals surface area contributed by atoms with E-state index < -0.39 is 0 Å². The predicted molar refractivity (Wildman–Crippen MR) is 82.7 cm³/mol. The number of para-hydroxylation sites is 1. The summed E-state index contributed by atoms with van der Waals surface area (Å²) in [5.74, 6) is 0. The summed E-state index contributed by atoms with van der Waals surface area (Å²) in [6.07, 6.45) is 0. The lowest BCUT2D eigenvalue weighted by atomic mass is 10.1. The molecule has 2 aromatic rings. The van der Waals surface area contributed by atoms with Crippen molar-refractivity contribution in [3.05, 3.63) is 63.6 Å². The lowest BCUT2D eigenvalue weighted by Crippen LogP contribution is -2.05.